The zero-order valence-corrected chi connectivity index (χ0v) is 19.9. The molecule has 182 valence electrons. The minimum Gasteiger partial charge on any atom is -0.490 e. The number of nitrogens with two attached hydrogens (primary N) is 1. The lowest BCUT2D eigenvalue weighted by molar-refractivity contribution is -0.122. The highest BCUT2D eigenvalue weighted by Crippen LogP contribution is 2.34. The Bertz CT molecular complexity index is 1250. The van der Waals surface area contributed by atoms with E-state index in [1.54, 1.807) is 24.4 Å². The minimum absolute atomic E-state index is 0.0306. The minimum atomic E-state index is -0.553. The molecule has 8 heteroatoms. The Morgan fingerprint density at radius 1 is 1.20 bits per heavy atom. The van der Waals surface area contributed by atoms with E-state index in [4.69, 9.17) is 15.2 Å². The number of amides is 2. The molecule has 0 spiro atoms. The monoisotopic (exact) mass is 474 g/mol. The summed E-state index contributed by atoms with van der Waals surface area (Å²) in [4.78, 5) is 31.4. The molecule has 3 heterocycles. The van der Waals surface area contributed by atoms with Gasteiger partial charge in [0.05, 0.1) is 23.6 Å². The first kappa shape index (κ1) is 23.1. The van der Waals surface area contributed by atoms with Crippen molar-refractivity contribution in [2.75, 3.05) is 19.7 Å². The normalized spacial score (nSPS) is 21.8. The van der Waals surface area contributed by atoms with E-state index < -0.39 is 5.91 Å². The van der Waals surface area contributed by atoms with Crippen LogP contribution in [0.5, 0.6) is 11.6 Å². The van der Waals surface area contributed by atoms with Crippen LogP contribution in [0.2, 0.25) is 0 Å². The molecule has 3 unspecified atom stereocenters. The summed E-state index contributed by atoms with van der Waals surface area (Å²) in [5.41, 5.74) is 7.14. The molecule has 2 aliphatic heterocycles. The second-order valence-electron chi connectivity index (χ2n) is 9.59. The van der Waals surface area contributed by atoms with Crippen molar-refractivity contribution >= 4 is 22.6 Å². The van der Waals surface area contributed by atoms with Crippen LogP contribution in [0.4, 0.5) is 0 Å². The molecule has 2 amide bonds. The molecule has 0 bridgehead atoms. The van der Waals surface area contributed by atoms with Crippen LogP contribution < -0.4 is 20.5 Å². The number of benzene rings is 2. The standard InChI is InChI=1S/C27H30N4O4/c1-16(2)35-24-11-19-18(10-20(24)25(28)32)8-9-29-27(19)34-15-23-21-13-31(14-22(21)26(33)30-23)12-17-6-4-3-5-7-17/h3-11,16,21-23H,12-15H2,1-2H3,(H2,28,32)(H,30,33). The largest absolute Gasteiger partial charge is 0.490 e. The van der Waals surface area contributed by atoms with Crippen LogP contribution in [0.3, 0.4) is 0 Å². The second-order valence-corrected chi connectivity index (χ2v) is 9.59. The van der Waals surface area contributed by atoms with Crippen molar-refractivity contribution in [3.05, 3.63) is 65.9 Å². The Morgan fingerprint density at radius 3 is 2.74 bits per heavy atom. The number of pyridine rings is 1. The summed E-state index contributed by atoms with van der Waals surface area (Å²) in [5.74, 6) is 0.523. The number of primary amides is 1. The van der Waals surface area contributed by atoms with Crippen molar-refractivity contribution in [3.63, 3.8) is 0 Å². The summed E-state index contributed by atoms with van der Waals surface area (Å²) in [6.45, 7) is 6.51. The van der Waals surface area contributed by atoms with Crippen molar-refractivity contribution in [2.24, 2.45) is 17.6 Å². The summed E-state index contributed by atoms with van der Waals surface area (Å²) >= 11 is 0. The molecule has 2 fully saturated rings. The maximum Gasteiger partial charge on any atom is 0.252 e. The first-order valence-electron chi connectivity index (χ1n) is 12.0. The van der Waals surface area contributed by atoms with Crippen LogP contribution in [-0.2, 0) is 11.3 Å². The van der Waals surface area contributed by atoms with Crippen LogP contribution in [0.25, 0.3) is 10.8 Å². The maximum absolute atomic E-state index is 12.7. The molecular weight excluding hydrogens is 444 g/mol. The lowest BCUT2D eigenvalue weighted by atomic mass is 9.94. The molecule has 2 aromatic carbocycles. The van der Waals surface area contributed by atoms with E-state index in [1.165, 1.54) is 5.56 Å². The number of nitrogens with one attached hydrogen (secondary N) is 1. The number of ether oxygens (including phenoxy) is 2. The third-order valence-corrected chi connectivity index (χ3v) is 6.73. The first-order valence-corrected chi connectivity index (χ1v) is 12.0. The number of carbonyl (C=O) groups is 2. The second kappa shape index (κ2) is 9.54. The number of nitrogens with zero attached hydrogens (tertiary/aromatic N) is 2. The average Bonchev–Trinajstić information content (AvgIpc) is 3.37. The molecule has 2 saturated heterocycles. The van der Waals surface area contributed by atoms with Crippen LogP contribution >= 0.6 is 0 Å². The van der Waals surface area contributed by atoms with Gasteiger partial charge in [-0.3, -0.25) is 14.5 Å². The van der Waals surface area contributed by atoms with Gasteiger partial charge >= 0.3 is 0 Å². The van der Waals surface area contributed by atoms with Crippen LogP contribution in [0, 0.1) is 11.8 Å². The predicted octanol–water partition coefficient (Wildman–Crippen LogP) is 2.75. The van der Waals surface area contributed by atoms with Gasteiger partial charge in [0.1, 0.15) is 12.4 Å². The highest BCUT2D eigenvalue weighted by atomic mass is 16.5. The smallest absolute Gasteiger partial charge is 0.252 e. The van der Waals surface area contributed by atoms with Crippen LogP contribution in [0.15, 0.2) is 54.7 Å². The third-order valence-electron chi connectivity index (χ3n) is 6.73. The van der Waals surface area contributed by atoms with Gasteiger partial charge in [-0.1, -0.05) is 30.3 Å². The summed E-state index contributed by atoms with van der Waals surface area (Å²) in [6, 6.07) is 15.5. The predicted molar refractivity (Wildman–Crippen MR) is 132 cm³/mol. The fraction of sp³-hybridized carbons (Fsp3) is 0.370. The maximum atomic E-state index is 12.7. The average molecular weight is 475 g/mol. The number of hydrogen-bond acceptors (Lipinski definition) is 6. The number of likely N-dealkylation sites (tertiary alicyclic amines) is 1. The molecular formula is C27H30N4O4. The van der Waals surface area contributed by atoms with E-state index in [1.807, 2.05) is 32.0 Å². The van der Waals surface area contributed by atoms with E-state index in [0.29, 0.717) is 23.8 Å². The number of fused-ring (bicyclic) bond motifs is 2. The zero-order chi connectivity index (χ0) is 24.5. The Hall–Kier alpha value is -3.65. The Morgan fingerprint density at radius 2 is 2.00 bits per heavy atom. The van der Waals surface area contributed by atoms with Crippen molar-refractivity contribution in [2.45, 2.75) is 32.5 Å². The third kappa shape index (κ3) is 4.79. The molecule has 8 nitrogen and oxygen atoms in total. The summed E-state index contributed by atoms with van der Waals surface area (Å²) in [5, 5.41) is 4.62. The van der Waals surface area contributed by atoms with Crippen LogP contribution in [0.1, 0.15) is 29.8 Å². The molecule has 0 aliphatic carbocycles. The first-order chi connectivity index (χ1) is 16.9. The van der Waals surface area contributed by atoms with Gasteiger partial charge < -0.3 is 20.5 Å². The molecule has 2 aliphatic rings. The number of hydrogen-bond donors (Lipinski definition) is 2. The van der Waals surface area contributed by atoms with E-state index in [9.17, 15) is 9.59 Å². The lowest BCUT2D eigenvalue weighted by Crippen LogP contribution is -2.38. The fourth-order valence-corrected chi connectivity index (χ4v) is 5.13. The van der Waals surface area contributed by atoms with E-state index >= 15 is 0 Å². The van der Waals surface area contributed by atoms with Gasteiger partial charge in [-0.25, -0.2) is 4.98 Å². The van der Waals surface area contributed by atoms with Crippen LogP contribution in [-0.4, -0.2) is 53.5 Å². The fourth-order valence-electron chi connectivity index (χ4n) is 5.13. The molecule has 3 atom stereocenters. The summed E-state index contributed by atoms with van der Waals surface area (Å²) < 4.78 is 12.0. The number of carbonyl (C=O) groups excluding carboxylic acids is 2. The highest BCUT2D eigenvalue weighted by molar-refractivity contribution is 6.01. The van der Waals surface area contributed by atoms with Gasteiger partial charge in [-0.15, -0.1) is 0 Å². The van der Waals surface area contributed by atoms with E-state index in [-0.39, 0.29) is 29.9 Å². The Labute approximate surface area is 204 Å². The molecule has 1 aromatic heterocycles. The molecule has 35 heavy (non-hydrogen) atoms. The molecule has 5 rings (SSSR count). The Balaban J connectivity index is 1.32. The molecule has 0 saturated carbocycles. The van der Waals surface area contributed by atoms with Gasteiger partial charge in [0.25, 0.3) is 5.91 Å². The lowest BCUT2D eigenvalue weighted by Gasteiger charge is -2.21. The Kier molecular flexibility index (Phi) is 6.30. The summed E-state index contributed by atoms with van der Waals surface area (Å²) in [6.07, 6.45) is 1.51. The van der Waals surface area contributed by atoms with Gasteiger partial charge in [0.2, 0.25) is 11.8 Å². The SMILES string of the molecule is CC(C)Oc1cc2c(OCC3NC(=O)C4CN(Cc5ccccc5)CC34)nccc2cc1C(N)=O. The van der Waals surface area contributed by atoms with Crippen molar-refractivity contribution in [1.29, 1.82) is 0 Å². The van der Waals surface area contributed by atoms with Gasteiger partial charge in [0.15, 0.2) is 0 Å². The van der Waals surface area contributed by atoms with Crippen molar-refractivity contribution in [3.8, 4) is 11.6 Å². The number of aromatic nitrogens is 1. The van der Waals surface area contributed by atoms with Gasteiger partial charge in [0, 0.05) is 37.1 Å². The van der Waals surface area contributed by atoms with Gasteiger partial charge in [-0.2, -0.15) is 0 Å². The van der Waals surface area contributed by atoms with Gasteiger partial charge in [-0.05, 0) is 43.0 Å². The highest BCUT2D eigenvalue weighted by Gasteiger charge is 2.48. The molecule has 0 radical (unpaired) electrons. The quantitative estimate of drug-likeness (QED) is 0.520. The van der Waals surface area contributed by atoms with Crippen molar-refractivity contribution in [1.82, 2.24) is 15.2 Å². The number of rotatable bonds is 8. The van der Waals surface area contributed by atoms with Crippen molar-refractivity contribution < 1.29 is 19.1 Å². The topological polar surface area (TPSA) is 107 Å². The molecule has 3 aromatic rings. The summed E-state index contributed by atoms with van der Waals surface area (Å²) in [7, 11) is 0. The van der Waals surface area contributed by atoms with E-state index in [0.717, 1.165) is 30.4 Å². The molecule has 3 N–H and O–H groups in total. The van der Waals surface area contributed by atoms with E-state index in [2.05, 4.69) is 27.3 Å². The zero-order valence-electron chi connectivity index (χ0n) is 19.9.